The quantitative estimate of drug-likeness (QED) is 0.155. The molecular formula is C26H30ClF2N5O4SSi. The van der Waals surface area contributed by atoms with Crippen LogP contribution in [0.15, 0.2) is 42.5 Å². The average Bonchev–Trinajstić information content (AvgIpc) is 3.24. The van der Waals surface area contributed by atoms with Crippen LogP contribution in [0.1, 0.15) is 12.1 Å². The van der Waals surface area contributed by atoms with Crippen LogP contribution in [-0.2, 0) is 27.2 Å². The third kappa shape index (κ3) is 7.02. The minimum absolute atomic E-state index is 0.0157. The number of nitrogens with zero attached hydrogens (tertiary/aromatic N) is 5. The minimum Gasteiger partial charge on any atom is -0.421 e. The van der Waals surface area contributed by atoms with Gasteiger partial charge in [-0.25, -0.2) is 26.2 Å². The van der Waals surface area contributed by atoms with Gasteiger partial charge < -0.3 is 9.47 Å². The third-order valence-corrected chi connectivity index (χ3v) is 9.67. The number of halogens is 3. The third-order valence-electron chi connectivity index (χ3n) is 6.03. The summed E-state index contributed by atoms with van der Waals surface area (Å²) in [6.45, 7) is 5.05. The fourth-order valence-corrected chi connectivity index (χ4v) is 5.93. The highest BCUT2D eigenvalue weighted by molar-refractivity contribution is 7.88. The summed E-state index contributed by atoms with van der Waals surface area (Å²) in [6.07, 6.45) is 0.903. The van der Waals surface area contributed by atoms with Crippen molar-refractivity contribution in [2.75, 3.05) is 20.7 Å². The molecular weight excluding hydrogens is 580 g/mol. The van der Waals surface area contributed by atoms with Gasteiger partial charge in [0, 0.05) is 41.1 Å². The molecule has 0 radical (unpaired) electrons. The van der Waals surface area contributed by atoms with E-state index in [1.165, 1.54) is 18.8 Å². The Hall–Kier alpha value is -2.97. The molecule has 0 spiro atoms. The Bertz CT molecular complexity index is 1620. The zero-order valence-corrected chi connectivity index (χ0v) is 25.3. The Kier molecular flexibility index (Phi) is 9.51. The number of ether oxygens (including phenoxy) is 2. The highest BCUT2D eigenvalue weighted by Gasteiger charge is 2.26. The van der Waals surface area contributed by atoms with E-state index in [-0.39, 0.29) is 29.8 Å². The first-order chi connectivity index (χ1) is 19.0. The molecule has 0 atom stereocenters. The van der Waals surface area contributed by atoms with E-state index in [9.17, 15) is 17.2 Å². The van der Waals surface area contributed by atoms with Gasteiger partial charge in [-0.05, 0) is 24.6 Å². The lowest BCUT2D eigenvalue weighted by molar-refractivity contribution is 0.0719. The summed E-state index contributed by atoms with van der Waals surface area (Å²) in [5.74, 6) is -2.59. The molecule has 0 N–H and O–H groups in total. The Morgan fingerprint density at radius 1 is 1.10 bits per heavy atom. The molecule has 0 fully saturated rings. The average molecular weight is 610 g/mol. The molecule has 0 amide bonds. The van der Waals surface area contributed by atoms with Crippen molar-refractivity contribution in [3.05, 3.63) is 64.8 Å². The van der Waals surface area contributed by atoms with Gasteiger partial charge in [-0.15, -0.1) is 0 Å². The lowest BCUT2D eigenvalue weighted by atomic mass is 10.1. The van der Waals surface area contributed by atoms with Gasteiger partial charge >= 0.3 is 6.01 Å². The van der Waals surface area contributed by atoms with Crippen LogP contribution >= 0.6 is 11.6 Å². The molecule has 4 aromatic rings. The molecule has 2 heterocycles. The van der Waals surface area contributed by atoms with Crippen molar-refractivity contribution in [1.29, 1.82) is 0 Å². The largest absolute Gasteiger partial charge is 0.421 e. The smallest absolute Gasteiger partial charge is 0.324 e. The Balaban J connectivity index is 1.88. The number of aromatic nitrogens is 4. The maximum Gasteiger partial charge on any atom is 0.324 e. The summed E-state index contributed by atoms with van der Waals surface area (Å²) in [7, 11) is -1.72. The number of hydrogen-bond donors (Lipinski definition) is 0. The maximum atomic E-state index is 14.4. The molecule has 0 bridgehead atoms. The molecule has 0 unspecified atom stereocenters. The van der Waals surface area contributed by atoms with Crippen LogP contribution in [0.2, 0.25) is 24.2 Å². The first kappa shape index (κ1) is 30.0. The molecule has 2 aromatic heterocycles. The van der Waals surface area contributed by atoms with Crippen LogP contribution in [0, 0.1) is 11.6 Å². The van der Waals surface area contributed by atoms with E-state index in [2.05, 4.69) is 23.1 Å². The number of fused-ring (bicyclic) bond motifs is 1. The Morgan fingerprint density at radius 3 is 2.52 bits per heavy atom. The van der Waals surface area contributed by atoms with Crippen LogP contribution in [0.5, 0.6) is 11.8 Å². The second kappa shape index (κ2) is 12.7. The van der Waals surface area contributed by atoms with E-state index in [0.717, 1.165) is 28.9 Å². The summed E-state index contributed by atoms with van der Waals surface area (Å²) in [6, 6.07) is 10.6. The molecule has 0 saturated carbocycles. The van der Waals surface area contributed by atoms with Crippen LogP contribution < -0.4 is 4.74 Å². The summed E-state index contributed by atoms with van der Waals surface area (Å²) in [5.41, 5.74) is 1.19. The van der Waals surface area contributed by atoms with Crippen LogP contribution in [0.3, 0.4) is 0 Å². The van der Waals surface area contributed by atoms with E-state index in [1.54, 1.807) is 24.3 Å². The molecule has 14 heteroatoms. The van der Waals surface area contributed by atoms with Gasteiger partial charge in [-0.3, -0.25) is 0 Å². The standard InChI is InChI=1S/C26H30ClF2N5O4SSi/c1-33(2)39(35,36)15-21-23-24(18-8-5-6-9-19(18)27)32-34(16-37-12-7-13-40(3)4)25(23)31-26(30-21)38-22-11-10-17(28)14-20(22)29/h5-6,8-11,14,40H,7,12-13,15-16H2,1-4H3. The van der Waals surface area contributed by atoms with Crippen molar-refractivity contribution >= 4 is 41.5 Å². The second-order valence-electron chi connectivity index (χ2n) is 9.77. The lowest BCUT2D eigenvalue weighted by Gasteiger charge is -2.13. The first-order valence-electron chi connectivity index (χ1n) is 12.6. The predicted octanol–water partition coefficient (Wildman–Crippen LogP) is 5.46. The molecule has 4 rings (SSSR count). The summed E-state index contributed by atoms with van der Waals surface area (Å²) < 4.78 is 67.8. The van der Waals surface area contributed by atoms with Gasteiger partial charge in [-0.1, -0.05) is 48.9 Å². The number of sulfonamides is 1. The Labute approximate surface area is 238 Å². The van der Waals surface area contributed by atoms with Crippen molar-refractivity contribution in [2.45, 2.75) is 38.0 Å². The van der Waals surface area contributed by atoms with Crippen LogP contribution in [-0.4, -0.2) is 62.0 Å². The fraction of sp³-hybridized carbons (Fsp3) is 0.346. The first-order valence-corrected chi connectivity index (χ1v) is 17.7. The van der Waals surface area contributed by atoms with Crippen molar-refractivity contribution in [3.63, 3.8) is 0 Å². The molecule has 0 aliphatic carbocycles. The monoisotopic (exact) mass is 609 g/mol. The normalized spacial score (nSPS) is 12.1. The fourth-order valence-electron chi connectivity index (χ4n) is 3.90. The van der Waals surface area contributed by atoms with Crippen LogP contribution in [0.4, 0.5) is 8.78 Å². The molecule has 214 valence electrons. The second-order valence-corrected chi connectivity index (χ2v) is 15.7. The number of rotatable bonds is 12. The molecule has 0 aliphatic heterocycles. The minimum atomic E-state index is -3.81. The van der Waals surface area contributed by atoms with Gasteiger partial charge in [0.15, 0.2) is 17.2 Å². The number of benzene rings is 2. The SMILES string of the molecule is CN(C)S(=O)(=O)Cc1nc(Oc2ccc(F)cc2F)nc2c1c(-c1ccccc1Cl)nn2COCCC[SiH](C)C. The van der Waals surface area contributed by atoms with E-state index >= 15 is 0 Å². The zero-order chi connectivity index (χ0) is 29.0. The van der Waals surface area contributed by atoms with Gasteiger partial charge in [0.25, 0.3) is 0 Å². The highest BCUT2D eigenvalue weighted by Crippen LogP contribution is 2.36. The summed E-state index contributed by atoms with van der Waals surface area (Å²) in [4.78, 5) is 8.81. The van der Waals surface area contributed by atoms with Gasteiger partial charge in [0.1, 0.15) is 24.0 Å². The van der Waals surface area contributed by atoms with E-state index in [1.807, 2.05) is 0 Å². The van der Waals surface area contributed by atoms with Crippen molar-refractivity contribution < 1.29 is 26.7 Å². The lowest BCUT2D eigenvalue weighted by Crippen LogP contribution is -2.24. The topological polar surface area (TPSA) is 99.4 Å². The van der Waals surface area contributed by atoms with Crippen molar-refractivity contribution in [3.8, 4) is 23.0 Å². The number of hydrogen-bond acceptors (Lipinski definition) is 7. The van der Waals surface area contributed by atoms with E-state index < -0.39 is 36.2 Å². The molecule has 0 saturated heterocycles. The summed E-state index contributed by atoms with van der Waals surface area (Å²) >= 11 is 6.51. The van der Waals surface area contributed by atoms with Gasteiger partial charge in [0.05, 0.1) is 16.1 Å². The highest BCUT2D eigenvalue weighted by atomic mass is 35.5. The van der Waals surface area contributed by atoms with Crippen molar-refractivity contribution in [2.24, 2.45) is 0 Å². The van der Waals surface area contributed by atoms with Crippen molar-refractivity contribution in [1.82, 2.24) is 24.1 Å². The molecule has 2 aromatic carbocycles. The van der Waals surface area contributed by atoms with Gasteiger partial charge in [0.2, 0.25) is 10.0 Å². The molecule has 9 nitrogen and oxygen atoms in total. The van der Waals surface area contributed by atoms with Crippen LogP contribution in [0.25, 0.3) is 22.3 Å². The maximum absolute atomic E-state index is 14.4. The summed E-state index contributed by atoms with van der Waals surface area (Å²) in [5, 5.41) is 5.42. The van der Waals surface area contributed by atoms with E-state index in [4.69, 9.17) is 26.2 Å². The van der Waals surface area contributed by atoms with Gasteiger partial charge in [-0.2, -0.15) is 15.1 Å². The molecule has 40 heavy (non-hydrogen) atoms. The predicted molar refractivity (Wildman–Crippen MR) is 153 cm³/mol. The van der Waals surface area contributed by atoms with E-state index in [0.29, 0.717) is 34.3 Å². The Morgan fingerprint density at radius 2 is 1.85 bits per heavy atom. The molecule has 0 aliphatic rings. The zero-order valence-electron chi connectivity index (χ0n) is 22.6.